The highest BCUT2D eigenvalue weighted by Crippen LogP contribution is 2.38. The Morgan fingerprint density at radius 3 is 2.69 bits per heavy atom. The van der Waals surface area contributed by atoms with Crippen molar-refractivity contribution in [3.63, 3.8) is 0 Å². The first-order valence-corrected chi connectivity index (χ1v) is 9.00. The number of imidazole rings is 1. The Morgan fingerprint density at radius 2 is 2.08 bits per heavy atom. The van der Waals surface area contributed by atoms with Crippen LogP contribution in [0.15, 0.2) is 11.1 Å². The lowest BCUT2D eigenvalue weighted by Gasteiger charge is -2.19. The standard InChI is InChI=1S/C12H18N5O8P/c1-13-12-15-9(20)6-10(16(12)2)17(4-14-6)11-8(19)7(18)5(25-11)3-24-26(21,22)23/h4-5,7-8,11,18-19H,3H2,1-2H3,(H,13,15,20)(H2,21,22,23)/t5-,7-,8-,11-/m1/s1. The van der Waals surface area contributed by atoms with Crippen LogP contribution in [0.5, 0.6) is 0 Å². The molecule has 0 amide bonds. The SMILES string of the molecule is CNc1nc(=O)c2ncn([C@@H]3O[C@H](COP(=O)(O)O)[C@@H](O)[C@H]3O)c2n1C. The minimum atomic E-state index is -4.76. The zero-order valence-corrected chi connectivity index (χ0v) is 14.6. The molecule has 0 saturated carbocycles. The molecule has 0 bridgehead atoms. The number of hydrogen-bond acceptors (Lipinski definition) is 9. The largest absolute Gasteiger partial charge is 0.469 e. The number of rotatable bonds is 5. The average Bonchev–Trinajstić information content (AvgIpc) is 3.12. The summed E-state index contributed by atoms with van der Waals surface area (Å²) in [6.07, 6.45) is -4.01. The lowest BCUT2D eigenvalue weighted by atomic mass is 10.1. The first-order chi connectivity index (χ1) is 12.1. The molecule has 4 atom stereocenters. The number of hydrogen-bond donors (Lipinski definition) is 5. The highest BCUT2D eigenvalue weighted by atomic mass is 31.2. The summed E-state index contributed by atoms with van der Waals surface area (Å²) in [7, 11) is -1.57. The molecule has 0 aromatic carbocycles. The van der Waals surface area contributed by atoms with Gasteiger partial charge in [-0.1, -0.05) is 0 Å². The van der Waals surface area contributed by atoms with Crippen LogP contribution in [0.25, 0.3) is 11.2 Å². The van der Waals surface area contributed by atoms with E-state index >= 15 is 0 Å². The summed E-state index contributed by atoms with van der Waals surface area (Å²) in [5.41, 5.74) is -0.274. The van der Waals surface area contributed by atoms with Crippen molar-refractivity contribution in [2.75, 3.05) is 19.0 Å². The summed E-state index contributed by atoms with van der Waals surface area (Å²) in [6.45, 7) is -0.631. The molecule has 3 heterocycles. The lowest BCUT2D eigenvalue weighted by molar-refractivity contribution is -0.0505. The second-order valence-electron chi connectivity index (χ2n) is 5.71. The molecule has 13 nitrogen and oxygen atoms in total. The van der Waals surface area contributed by atoms with Crippen LogP contribution in [-0.2, 0) is 20.9 Å². The van der Waals surface area contributed by atoms with E-state index in [1.165, 1.54) is 15.5 Å². The molecular weight excluding hydrogens is 373 g/mol. The highest BCUT2D eigenvalue weighted by Gasteiger charge is 2.45. The Balaban J connectivity index is 1.98. The molecule has 0 unspecified atom stereocenters. The van der Waals surface area contributed by atoms with Gasteiger partial charge < -0.3 is 30.1 Å². The van der Waals surface area contributed by atoms with Gasteiger partial charge in [-0.05, 0) is 0 Å². The Hall–Kier alpha value is -1.86. The van der Waals surface area contributed by atoms with Gasteiger partial charge in [0, 0.05) is 14.1 Å². The van der Waals surface area contributed by atoms with Gasteiger partial charge in [0.1, 0.15) is 18.3 Å². The minimum Gasteiger partial charge on any atom is -0.387 e. The van der Waals surface area contributed by atoms with Crippen LogP contribution >= 0.6 is 7.82 Å². The van der Waals surface area contributed by atoms with Crippen molar-refractivity contribution in [3.05, 3.63) is 16.7 Å². The smallest absolute Gasteiger partial charge is 0.387 e. The summed E-state index contributed by atoms with van der Waals surface area (Å²) in [4.78, 5) is 37.4. The van der Waals surface area contributed by atoms with Crippen molar-refractivity contribution in [3.8, 4) is 0 Å². The number of aliphatic hydroxyl groups is 2. The summed E-state index contributed by atoms with van der Waals surface area (Å²) < 4.78 is 23.5. The van der Waals surface area contributed by atoms with Gasteiger partial charge in [0.2, 0.25) is 5.95 Å². The Bertz CT molecular complexity index is 922. The zero-order chi connectivity index (χ0) is 19.2. The predicted molar refractivity (Wildman–Crippen MR) is 86.2 cm³/mol. The second kappa shape index (κ2) is 6.70. The molecule has 0 radical (unpaired) electrons. The van der Waals surface area contributed by atoms with E-state index in [2.05, 4.69) is 19.8 Å². The third-order valence-electron chi connectivity index (χ3n) is 4.05. The van der Waals surface area contributed by atoms with Crippen LogP contribution in [0.2, 0.25) is 0 Å². The number of nitrogens with zero attached hydrogens (tertiary/aromatic N) is 4. The van der Waals surface area contributed by atoms with E-state index in [1.54, 1.807) is 14.1 Å². The molecule has 2 aromatic heterocycles. The topological polar surface area (TPSA) is 181 Å². The Labute approximate surface area is 146 Å². The predicted octanol–water partition coefficient (Wildman–Crippen LogP) is -2.10. The summed E-state index contributed by atoms with van der Waals surface area (Å²) in [5.74, 6) is 0.249. The molecule has 1 aliphatic rings. The fourth-order valence-electron chi connectivity index (χ4n) is 2.84. The molecule has 2 aromatic rings. The maximum absolute atomic E-state index is 12.1. The summed E-state index contributed by atoms with van der Waals surface area (Å²) >= 11 is 0. The molecule has 5 N–H and O–H groups in total. The summed E-state index contributed by atoms with van der Waals surface area (Å²) in [5, 5.41) is 23.1. The molecule has 0 spiro atoms. The molecule has 1 aliphatic heterocycles. The van der Waals surface area contributed by atoms with Crippen molar-refractivity contribution in [2.45, 2.75) is 24.5 Å². The van der Waals surface area contributed by atoms with E-state index < -0.39 is 44.5 Å². The fraction of sp³-hybridized carbons (Fsp3) is 0.583. The molecule has 3 rings (SSSR count). The van der Waals surface area contributed by atoms with Gasteiger partial charge in [0.25, 0.3) is 0 Å². The lowest BCUT2D eigenvalue weighted by Crippen LogP contribution is -2.33. The number of aliphatic hydroxyl groups excluding tert-OH is 2. The van der Waals surface area contributed by atoms with Crippen molar-refractivity contribution in [1.29, 1.82) is 0 Å². The number of fused-ring (bicyclic) bond motifs is 1. The number of phosphoric acid groups is 1. The minimum absolute atomic E-state index is 0.0340. The number of phosphoric ester groups is 1. The number of aromatic nitrogens is 4. The Morgan fingerprint density at radius 1 is 1.38 bits per heavy atom. The first kappa shape index (κ1) is 18.9. The van der Waals surface area contributed by atoms with Crippen LogP contribution in [0.1, 0.15) is 6.23 Å². The fourth-order valence-corrected chi connectivity index (χ4v) is 3.18. The number of anilines is 1. The van der Waals surface area contributed by atoms with E-state index in [-0.39, 0.29) is 17.1 Å². The van der Waals surface area contributed by atoms with Crippen LogP contribution in [0.4, 0.5) is 5.95 Å². The molecule has 1 saturated heterocycles. The highest BCUT2D eigenvalue weighted by molar-refractivity contribution is 7.46. The molecule has 1 fully saturated rings. The van der Waals surface area contributed by atoms with Gasteiger partial charge in [-0.25, -0.2) is 9.55 Å². The molecular formula is C12H18N5O8P. The van der Waals surface area contributed by atoms with Crippen LogP contribution in [-0.4, -0.2) is 71.1 Å². The molecule has 0 aliphatic carbocycles. The third-order valence-corrected chi connectivity index (χ3v) is 4.54. The van der Waals surface area contributed by atoms with Crippen LogP contribution in [0, 0.1) is 0 Å². The number of aryl methyl sites for hydroxylation is 1. The normalized spacial score (nSPS) is 26.5. The average molecular weight is 391 g/mol. The molecule has 144 valence electrons. The number of ether oxygens (including phenoxy) is 1. The van der Waals surface area contributed by atoms with Crippen molar-refractivity contribution in [1.82, 2.24) is 19.1 Å². The van der Waals surface area contributed by atoms with E-state index in [0.29, 0.717) is 0 Å². The van der Waals surface area contributed by atoms with E-state index in [9.17, 15) is 19.6 Å². The van der Waals surface area contributed by atoms with E-state index in [4.69, 9.17) is 14.5 Å². The van der Waals surface area contributed by atoms with Gasteiger partial charge in [-0.15, -0.1) is 0 Å². The number of nitrogens with one attached hydrogen (secondary N) is 1. The molecule has 26 heavy (non-hydrogen) atoms. The van der Waals surface area contributed by atoms with Crippen LogP contribution in [0.3, 0.4) is 0 Å². The Kier molecular flexibility index (Phi) is 4.88. The van der Waals surface area contributed by atoms with Gasteiger partial charge >= 0.3 is 13.4 Å². The zero-order valence-electron chi connectivity index (χ0n) is 13.8. The summed E-state index contributed by atoms with van der Waals surface area (Å²) in [6, 6.07) is 0. The van der Waals surface area contributed by atoms with Crippen molar-refractivity contribution >= 4 is 24.9 Å². The van der Waals surface area contributed by atoms with Gasteiger partial charge in [-0.3, -0.25) is 18.5 Å². The first-order valence-electron chi connectivity index (χ1n) is 7.47. The third kappa shape index (κ3) is 3.25. The van der Waals surface area contributed by atoms with Crippen molar-refractivity contribution in [2.24, 2.45) is 7.05 Å². The van der Waals surface area contributed by atoms with Gasteiger partial charge in [0.15, 0.2) is 17.4 Å². The molecule has 14 heteroatoms. The monoisotopic (exact) mass is 391 g/mol. The maximum Gasteiger partial charge on any atom is 0.469 e. The van der Waals surface area contributed by atoms with Gasteiger partial charge in [-0.2, -0.15) is 4.98 Å². The quantitative estimate of drug-likeness (QED) is 0.352. The van der Waals surface area contributed by atoms with Crippen LogP contribution < -0.4 is 10.9 Å². The van der Waals surface area contributed by atoms with E-state index in [0.717, 1.165) is 0 Å². The second-order valence-corrected chi connectivity index (χ2v) is 6.95. The van der Waals surface area contributed by atoms with Crippen molar-refractivity contribution < 1.29 is 33.8 Å². The van der Waals surface area contributed by atoms with Gasteiger partial charge in [0.05, 0.1) is 12.9 Å². The maximum atomic E-state index is 12.1. The van der Waals surface area contributed by atoms with E-state index in [1.807, 2.05) is 0 Å².